The van der Waals surface area contributed by atoms with E-state index in [2.05, 4.69) is 12.2 Å². The molecule has 0 spiro atoms. The highest BCUT2D eigenvalue weighted by Gasteiger charge is 2.28. The Labute approximate surface area is 89.2 Å². The highest BCUT2D eigenvalue weighted by molar-refractivity contribution is 6.31. The lowest BCUT2D eigenvalue weighted by molar-refractivity contribution is 0.258. The van der Waals surface area contributed by atoms with Gasteiger partial charge in [-0.15, -0.1) is 0 Å². The average Bonchev–Trinajstić information content (AvgIpc) is 2.18. The number of nitrogens with one attached hydrogen (secondary N) is 1. The molecule has 1 saturated heterocycles. The number of methoxy groups -OCH3 is 1. The Kier molecular flexibility index (Phi) is 2.66. The molecule has 1 heterocycles. The molecular weight excluding hydrogens is 198 g/mol. The van der Waals surface area contributed by atoms with E-state index in [0.717, 1.165) is 17.3 Å². The van der Waals surface area contributed by atoms with E-state index in [1.807, 2.05) is 18.2 Å². The van der Waals surface area contributed by atoms with E-state index in [4.69, 9.17) is 16.3 Å². The van der Waals surface area contributed by atoms with E-state index >= 15 is 0 Å². The molecule has 0 bridgehead atoms. The van der Waals surface area contributed by atoms with E-state index in [1.54, 1.807) is 7.11 Å². The van der Waals surface area contributed by atoms with Gasteiger partial charge >= 0.3 is 0 Å². The molecule has 1 aromatic carbocycles. The molecule has 2 nitrogen and oxygen atoms in total. The molecule has 2 rings (SSSR count). The maximum Gasteiger partial charge on any atom is 0.120 e. The minimum absolute atomic E-state index is 0.411. The zero-order chi connectivity index (χ0) is 10.1. The summed E-state index contributed by atoms with van der Waals surface area (Å²) in [5, 5.41) is 4.15. The molecule has 1 aliphatic rings. The minimum atomic E-state index is 0.411. The summed E-state index contributed by atoms with van der Waals surface area (Å²) < 4.78 is 5.10. The van der Waals surface area contributed by atoms with Crippen LogP contribution in [0.1, 0.15) is 18.5 Å². The zero-order valence-electron chi connectivity index (χ0n) is 8.38. The van der Waals surface area contributed by atoms with Crippen LogP contribution in [0.2, 0.25) is 5.02 Å². The summed E-state index contributed by atoms with van der Waals surface area (Å²) in [4.78, 5) is 0. The third-order valence-corrected chi connectivity index (χ3v) is 3.10. The van der Waals surface area contributed by atoms with E-state index in [1.165, 1.54) is 5.56 Å². The van der Waals surface area contributed by atoms with Crippen molar-refractivity contribution >= 4 is 11.6 Å². The van der Waals surface area contributed by atoms with Crippen molar-refractivity contribution in [1.82, 2.24) is 5.32 Å². The largest absolute Gasteiger partial charge is 0.497 e. The highest BCUT2D eigenvalue weighted by atomic mass is 35.5. The highest BCUT2D eigenvalue weighted by Crippen LogP contribution is 2.35. The maximum absolute atomic E-state index is 6.16. The summed E-state index contributed by atoms with van der Waals surface area (Å²) in [5.41, 5.74) is 1.17. The smallest absolute Gasteiger partial charge is 0.120 e. The Morgan fingerprint density at radius 1 is 1.50 bits per heavy atom. The van der Waals surface area contributed by atoms with Crippen LogP contribution in [0.5, 0.6) is 5.75 Å². The van der Waals surface area contributed by atoms with Crippen LogP contribution in [0.15, 0.2) is 18.2 Å². The molecule has 0 radical (unpaired) electrons. The first-order valence-corrected chi connectivity index (χ1v) is 5.17. The monoisotopic (exact) mass is 211 g/mol. The van der Waals surface area contributed by atoms with Gasteiger partial charge < -0.3 is 10.1 Å². The quantitative estimate of drug-likeness (QED) is 0.812. The van der Waals surface area contributed by atoms with Gasteiger partial charge in [-0.25, -0.2) is 0 Å². The van der Waals surface area contributed by atoms with Gasteiger partial charge in [0.1, 0.15) is 5.75 Å². The minimum Gasteiger partial charge on any atom is -0.497 e. The van der Waals surface area contributed by atoms with Crippen molar-refractivity contribution in [3.63, 3.8) is 0 Å². The molecule has 1 aliphatic heterocycles. The summed E-state index contributed by atoms with van der Waals surface area (Å²) in [6.07, 6.45) is 0. The number of halogens is 1. The van der Waals surface area contributed by atoms with Crippen molar-refractivity contribution < 1.29 is 4.74 Å². The topological polar surface area (TPSA) is 21.3 Å². The molecule has 0 saturated carbocycles. The van der Waals surface area contributed by atoms with E-state index < -0.39 is 0 Å². The second-order valence-corrected chi connectivity index (χ2v) is 4.16. The summed E-state index contributed by atoms with van der Waals surface area (Å²) in [5.74, 6) is 1.48. The van der Waals surface area contributed by atoms with Gasteiger partial charge in [0.2, 0.25) is 0 Å². The molecule has 2 atom stereocenters. The molecule has 1 N–H and O–H groups in total. The third kappa shape index (κ3) is 1.60. The van der Waals surface area contributed by atoms with Crippen LogP contribution in [0, 0.1) is 5.92 Å². The predicted molar refractivity (Wildman–Crippen MR) is 57.9 cm³/mol. The molecule has 0 amide bonds. The second-order valence-electron chi connectivity index (χ2n) is 3.75. The number of benzene rings is 1. The molecule has 2 unspecified atom stereocenters. The van der Waals surface area contributed by atoms with Crippen LogP contribution < -0.4 is 10.1 Å². The van der Waals surface area contributed by atoms with E-state index in [-0.39, 0.29) is 0 Å². The van der Waals surface area contributed by atoms with Crippen molar-refractivity contribution in [3.8, 4) is 5.75 Å². The predicted octanol–water partition coefficient (Wildman–Crippen LogP) is 2.63. The summed E-state index contributed by atoms with van der Waals surface area (Å²) in [6.45, 7) is 3.30. The van der Waals surface area contributed by atoms with Gasteiger partial charge in [0, 0.05) is 17.6 Å². The fourth-order valence-electron chi connectivity index (χ4n) is 1.77. The van der Waals surface area contributed by atoms with Crippen LogP contribution >= 0.6 is 11.6 Å². The normalized spacial score (nSPS) is 25.6. The van der Waals surface area contributed by atoms with Crippen LogP contribution in [0.4, 0.5) is 0 Å². The van der Waals surface area contributed by atoms with E-state index in [9.17, 15) is 0 Å². The summed E-state index contributed by atoms with van der Waals surface area (Å²) >= 11 is 6.16. The molecule has 1 fully saturated rings. The van der Waals surface area contributed by atoms with Crippen molar-refractivity contribution in [2.75, 3.05) is 13.7 Å². The molecule has 1 aromatic rings. The standard InChI is InChI=1S/C11H14ClNO/c1-7-6-13-11(7)9-4-3-8(14-2)5-10(9)12/h3-5,7,11,13H,6H2,1-2H3. The van der Waals surface area contributed by atoms with Gasteiger partial charge in [0.15, 0.2) is 0 Å². The van der Waals surface area contributed by atoms with Crippen LogP contribution in [-0.2, 0) is 0 Å². The van der Waals surface area contributed by atoms with Crippen LogP contribution in [0.3, 0.4) is 0 Å². The molecule has 14 heavy (non-hydrogen) atoms. The van der Waals surface area contributed by atoms with Crippen molar-refractivity contribution in [1.29, 1.82) is 0 Å². The van der Waals surface area contributed by atoms with Crippen LogP contribution in [-0.4, -0.2) is 13.7 Å². The fraction of sp³-hybridized carbons (Fsp3) is 0.455. The van der Waals surface area contributed by atoms with E-state index in [0.29, 0.717) is 12.0 Å². The Morgan fingerprint density at radius 2 is 2.29 bits per heavy atom. The van der Waals surface area contributed by atoms with Gasteiger partial charge in [-0.1, -0.05) is 24.6 Å². The van der Waals surface area contributed by atoms with Gasteiger partial charge in [0.05, 0.1) is 7.11 Å². The van der Waals surface area contributed by atoms with Crippen molar-refractivity contribution in [3.05, 3.63) is 28.8 Å². The summed E-state index contributed by atoms with van der Waals surface area (Å²) in [6, 6.07) is 6.26. The van der Waals surface area contributed by atoms with Crippen molar-refractivity contribution in [2.45, 2.75) is 13.0 Å². The van der Waals surface area contributed by atoms with Gasteiger partial charge in [-0.2, -0.15) is 0 Å². The van der Waals surface area contributed by atoms with Gasteiger partial charge in [0.25, 0.3) is 0 Å². The molecule has 76 valence electrons. The zero-order valence-corrected chi connectivity index (χ0v) is 9.14. The maximum atomic E-state index is 6.16. The first-order chi connectivity index (χ1) is 6.72. The molecule has 3 heteroatoms. The van der Waals surface area contributed by atoms with Gasteiger partial charge in [-0.05, 0) is 23.6 Å². The Bertz CT molecular complexity index is 340. The lowest BCUT2D eigenvalue weighted by Gasteiger charge is -2.36. The second kappa shape index (κ2) is 3.79. The third-order valence-electron chi connectivity index (χ3n) is 2.77. The SMILES string of the molecule is COc1ccc(C2NCC2C)c(Cl)c1. The Morgan fingerprint density at radius 3 is 2.71 bits per heavy atom. The first-order valence-electron chi connectivity index (χ1n) is 4.79. The number of ether oxygens (including phenoxy) is 1. The first kappa shape index (κ1) is 9.81. The number of hydrogen-bond donors (Lipinski definition) is 1. The molecular formula is C11H14ClNO. The average molecular weight is 212 g/mol. The molecule has 0 aliphatic carbocycles. The number of hydrogen-bond acceptors (Lipinski definition) is 2. The molecule has 0 aromatic heterocycles. The number of rotatable bonds is 2. The fourth-order valence-corrected chi connectivity index (χ4v) is 2.06. The van der Waals surface area contributed by atoms with Gasteiger partial charge in [-0.3, -0.25) is 0 Å². The lowest BCUT2D eigenvalue weighted by Crippen LogP contribution is -2.44. The lowest BCUT2D eigenvalue weighted by atomic mass is 9.88. The van der Waals surface area contributed by atoms with Crippen LogP contribution in [0.25, 0.3) is 0 Å². The summed E-state index contributed by atoms with van der Waals surface area (Å²) in [7, 11) is 1.65. The van der Waals surface area contributed by atoms with Crippen molar-refractivity contribution in [2.24, 2.45) is 5.92 Å². The Balaban J connectivity index is 2.26. The Hall–Kier alpha value is -0.730.